The largest absolute Gasteiger partial charge is 0.416 e. The average molecular weight is 441 g/mol. The third-order valence-electron chi connectivity index (χ3n) is 4.72. The van der Waals surface area contributed by atoms with Gasteiger partial charge in [-0.25, -0.2) is 0 Å². The normalized spacial score (nSPS) is 12.1. The number of anilines is 2. The Hall–Kier alpha value is -3.65. The van der Waals surface area contributed by atoms with Crippen LogP contribution in [0.3, 0.4) is 0 Å². The van der Waals surface area contributed by atoms with Gasteiger partial charge in [0.15, 0.2) is 0 Å². The predicted molar refractivity (Wildman–Crippen MR) is 117 cm³/mol. The predicted octanol–water partition coefficient (Wildman–Crippen LogP) is 5.25. The van der Waals surface area contributed by atoms with E-state index in [-0.39, 0.29) is 29.7 Å². The van der Waals surface area contributed by atoms with Crippen molar-refractivity contribution in [2.75, 3.05) is 17.2 Å². The summed E-state index contributed by atoms with van der Waals surface area (Å²) in [5.41, 5.74) is 0.826. The second kappa shape index (κ2) is 10.1. The van der Waals surface area contributed by atoms with Crippen molar-refractivity contribution < 1.29 is 22.8 Å². The summed E-state index contributed by atoms with van der Waals surface area (Å²) in [7, 11) is 0. The molecule has 0 fully saturated rings. The molecule has 0 aliphatic carbocycles. The van der Waals surface area contributed by atoms with Gasteiger partial charge in [-0.05, 0) is 48.9 Å². The second-order valence-electron chi connectivity index (χ2n) is 7.17. The SMILES string of the molecule is CC(NCC(=O)Nc1cccc(C(=O)Nc2cccc(C(F)(F)F)c2)c1)c1ccccc1. The van der Waals surface area contributed by atoms with E-state index >= 15 is 0 Å². The molecular weight excluding hydrogens is 419 g/mol. The molecule has 0 aliphatic heterocycles. The molecule has 0 radical (unpaired) electrons. The van der Waals surface area contributed by atoms with E-state index in [1.54, 1.807) is 12.1 Å². The molecule has 166 valence electrons. The van der Waals surface area contributed by atoms with Crippen LogP contribution in [0.15, 0.2) is 78.9 Å². The molecule has 0 spiro atoms. The Bertz CT molecular complexity index is 1090. The van der Waals surface area contributed by atoms with E-state index in [4.69, 9.17) is 0 Å². The Kier molecular flexibility index (Phi) is 7.27. The lowest BCUT2D eigenvalue weighted by atomic mass is 10.1. The van der Waals surface area contributed by atoms with E-state index in [0.717, 1.165) is 17.7 Å². The molecule has 2 amide bonds. The van der Waals surface area contributed by atoms with E-state index in [1.807, 2.05) is 37.3 Å². The van der Waals surface area contributed by atoms with E-state index in [1.165, 1.54) is 24.3 Å². The number of benzene rings is 3. The van der Waals surface area contributed by atoms with E-state index in [2.05, 4.69) is 16.0 Å². The summed E-state index contributed by atoms with van der Waals surface area (Å²) in [6.45, 7) is 2.01. The Balaban J connectivity index is 1.59. The van der Waals surface area contributed by atoms with Crippen LogP contribution in [0.5, 0.6) is 0 Å². The lowest BCUT2D eigenvalue weighted by molar-refractivity contribution is -0.137. The number of alkyl halides is 3. The van der Waals surface area contributed by atoms with Crippen LogP contribution in [-0.4, -0.2) is 18.4 Å². The van der Waals surface area contributed by atoms with Crippen molar-refractivity contribution in [1.82, 2.24) is 5.32 Å². The smallest absolute Gasteiger partial charge is 0.325 e. The quantitative estimate of drug-likeness (QED) is 0.469. The van der Waals surface area contributed by atoms with Crippen LogP contribution in [0.25, 0.3) is 0 Å². The number of carbonyl (C=O) groups is 2. The third-order valence-corrected chi connectivity index (χ3v) is 4.72. The molecule has 3 rings (SSSR count). The summed E-state index contributed by atoms with van der Waals surface area (Å²) >= 11 is 0. The van der Waals surface area contributed by atoms with Gasteiger partial charge in [-0.2, -0.15) is 13.2 Å². The maximum absolute atomic E-state index is 12.9. The third kappa shape index (κ3) is 6.42. The van der Waals surface area contributed by atoms with Crippen LogP contribution in [-0.2, 0) is 11.0 Å². The fourth-order valence-corrected chi connectivity index (χ4v) is 3.03. The van der Waals surface area contributed by atoms with Gasteiger partial charge in [-0.1, -0.05) is 42.5 Å². The topological polar surface area (TPSA) is 70.2 Å². The van der Waals surface area contributed by atoms with Crippen molar-refractivity contribution >= 4 is 23.2 Å². The number of hydrogen-bond donors (Lipinski definition) is 3. The Morgan fingerprint density at radius 1 is 0.844 bits per heavy atom. The number of rotatable bonds is 7. The van der Waals surface area contributed by atoms with Crippen LogP contribution in [0.1, 0.15) is 34.5 Å². The van der Waals surface area contributed by atoms with Crippen molar-refractivity contribution in [2.24, 2.45) is 0 Å². The molecule has 0 bridgehead atoms. The molecule has 0 aromatic heterocycles. The Morgan fingerprint density at radius 3 is 2.19 bits per heavy atom. The summed E-state index contributed by atoms with van der Waals surface area (Å²) < 4.78 is 38.6. The number of halogens is 3. The molecule has 0 heterocycles. The van der Waals surface area contributed by atoms with Gasteiger partial charge in [-0.15, -0.1) is 0 Å². The Labute approximate surface area is 183 Å². The van der Waals surface area contributed by atoms with Gasteiger partial charge in [0, 0.05) is 23.0 Å². The number of carbonyl (C=O) groups excluding carboxylic acids is 2. The molecule has 0 saturated carbocycles. The van der Waals surface area contributed by atoms with Gasteiger partial charge in [0.25, 0.3) is 5.91 Å². The molecule has 3 N–H and O–H groups in total. The highest BCUT2D eigenvalue weighted by atomic mass is 19.4. The molecule has 1 unspecified atom stereocenters. The average Bonchev–Trinajstić information content (AvgIpc) is 2.78. The van der Waals surface area contributed by atoms with Gasteiger partial charge in [0.1, 0.15) is 0 Å². The molecule has 5 nitrogen and oxygen atoms in total. The summed E-state index contributed by atoms with van der Waals surface area (Å²) in [4.78, 5) is 24.7. The van der Waals surface area contributed by atoms with Crippen molar-refractivity contribution in [3.63, 3.8) is 0 Å². The van der Waals surface area contributed by atoms with Gasteiger partial charge in [0.05, 0.1) is 12.1 Å². The first-order valence-electron chi connectivity index (χ1n) is 9.89. The molecular formula is C24H22F3N3O2. The van der Waals surface area contributed by atoms with Crippen LogP contribution >= 0.6 is 0 Å². The molecule has 32 heavy (non-hydrogen) atoms. The summed E-state index contributed by atoms with van der Waals surface area (Å²) in [6, 6.07) is 20.2. The Morgan fingerprint density at radius 2 is 1.50 bits per heavy atom. The van der Waals surface area contributed by atoms with Crippen LogP contribution in [0, 0.1) is 0 Å². The van der Waals surface area contributed by atoms with Crippen molar-refractivity contribution in [2.45, 2.75) is 19.1 Å². The highest BCUT2D eigenvalue weighted by Crippen LogP contribution is 2.30. The van der Waals surface area contributed by atoms with Crippen molar-refractivity contribution in [3.8, 4) is 0 Å². The van der Waals surface area contributed by atoms with Crippen molar-refractivity contribution in [1.29, 1.82) is 0 Å². The minimum atomic E-state index is -4.50. The molecule has 1 atom stereocenters. The summed E-state index contributed by atoms with van der Waals surface area (Å²) in [5, 5.41) is 8.28. The number of amides is 2. The maximum Gasteiger partial charge on any atom is 0.416 e. The molecule has 3 aromatic carbocycles. The van der Waals surface area contributed by atoms with E-state index in [9.17, 15) is 22.8 Å². The summed E-state index contributed by atoms with van der Waals surface area (Å²) in [6.07, 6.45) is -4.50. The molecule has 0 saturated heterocycles. The zero-order valence-electron chi connectivity index (χ0n) is 17.2. The molecule has 0 aliphatic rings. The lowest BCUT2D eigenvalue weighted by Gasteiger charge is -2.14. The highest BCUT2D eigenvalue weighted by Gasteiger charge is 2.30. The van der Waals surface area contributed by atoms with Gasteiger partial charge >= 0.3 is 6.18 Å². The minimum absolute atomic E-state index is 0.0217. The first kappa shape index (κ1) is 23.0. The number of nitrogens with one attached hydrogen (secondary N) is 3. The first-order valence-corrected chi connectivity index (χ1v) is 9.89. The van der Waals surface area contributed by atoms with Crippen molar-refractivity contribution in [3.05, 3.63) is 95.6 Å². The first-order chi connectivity index (χ1) is 15.2. The standard InChI is InChI=1S/C24H22F3N3O2/c1-16(17-7-3-2-4-8-17)28-15-22(31)29-20-11-5-9-18(13-20)23(32)30-21-12-6-10-19(14-21)24(25,26)27/h2-14,16,28H,15H2,1H3,(H,29,31)(H,30,32). The minimum Gasteiger partial charge on any atom is -0.325 e. The van der Waals surface area contributed by atoms with E-state index < -0.39 is 17.6 Å². The fraction of sp³-hybridized carbons (Fsp3) is 0.167. The van der Waals surface area contributed by atoms with Gasteiger partial charge in [0.2, 0.25) is 5.91 Å². The number of hydrogen-bond acceptors (Lipinski definition) is 3. The van der Waals surface area contributed by atoms with E-state index in [0.29, 0.717) is 5.69 Å². The van der Waals surface area contributed by atoms with Gasteiger partial charge in [-0.3, -0.25) is 9.59 Å². The van der Waals surface area contributed by atoms with Crippen LogP contribution in [0.2, 0.25) is 0 Å². The molecule has 8 heteroatoms. The molecule has 3 aromatic rings. The maximum atomic E-state index is 12.9. The van der Waals surface area contributed by atoms with Crippen LogP contribution in [0.4, 0.5) is 24.5 Å². The zero-order chi connectivity index (χ0) is 23.1. The zero-order valence-corrected chi connectivity index (χ0v) is 17.2. The van der Waals surface area contributed by atoms with Crippen LogP contribution < -0.4 is 16.0 Å². The summed E-state index contributed by atoms with van der Waals surface area (Å²) in [5.74, 6) is -0.875. The lowest BCUT2D eigenvalue weighted by Crippen LogP contribution is -2.30. The second-order valence-corrected chi connectivity index (χ2v) is 7.17. The monoisotopic (exact) mass is 441 g/mol. The fourth-order valence-electron chi connectivity index (χ4n) is 3.03. The highest BCUT2D eigenvalue weighted by molar-refractivity contribution is 6.05. The van der Waals surface area contributed by atoms with Gasteiger partial charge < -0.3 is 16.0 Å².